The van der Waals surface area contributed by atoms with Crippen molar-refractivity contribution in [3.63, 3.8) is 0 Å². The van der Waals surface area contributed by atoms with E-state index < -0.39 is 0 Å². The van der Waals surface area contributed by atoms with Crippen LogP contribution in [0.1, 0.15) is 34.3 Å². The maximum atomic E-state index is 12.3. The number of ether oxygens (including phenoxy) is 1. The lowest BCUT2D eigenvalue weighted by molar-refractivity contribution is -0.111. The number of anilines is 1. The molecule has 0 spiro atoms. The van der Waals surface area contributed by atoms with Crippen LogP contribution >= 0.6 is 11.6 Å². The zero-order valence-corrected chi connectivity index (χ0v) is 16.0. The number of nitrogens with one attached hydrogen (secondary N) is 2. The van der Waals surface area contributed by atoms with Gasteiger partial charge in [0.05, 0.1) is 7.11 Å². The first-order chi connectivity index (χ1) is 13.0. The molecule has 2 N–H and O–H groups in total. The SMILES string of the molecule is COc1ccc(Cl)cc1/C=C/C(=O)Nc1cc(C(=O)NC2CC2)ccc1C. The van der Waals surface area contributed by atoms with E-state index in [0.29, 0.717) is 27.6 Å². The highest BCUT2D eigenvalue weighted by atomic mass is 35.5. The Kier molecular flexibility index (Phi) is 5.81. The van der Waals surface area contributed by atoms with Crippen LogP contribution in [0.2, 0.25) is 5.02 Å². The van der Waals surface area contributed by atoms with Crippen LogP contribution in [0.4, 0.5) is 5.69 Å². The zero-order valence-electron chi connectivity index (χ0n) is 15.2. The number of halogens is 1. The van der Waals surface area contributed by atoms with Gasteiger partial charge in [-0.25, -0.2) is 0 Å². The Bertz CT molecular complexity index is 904. The van der Waals surface area contributed by atoms with Crippen molar-refractivity contribution in [1.29, 1.82) is 0 Å². The van der Waals surface area contributed by atoms with Crippen LogP contribution < -0.4 is 15.4 Å². The minimum Gasteiger partial charge on any atom is -0.496 e. The molecule has 2 aromatic rings. The summed E-state index contributed by atoms with van der Waals surface area (Å²) in [6.07, 6.45) is 5.10. The van der Waals surface area contributed by atoms with Crippen LogP contribution in [0.3, 0.4) is 0 Å². The Morgan fingerprint density at radius 1 is 1.19 bits per heavy atom. The van der Waals surface area contributed by atoms with Gasteiger partial charge in [0.15, 0.2) is 0 Å². The van der Waals surface area contributed by atoms with Gasteiger partial charge in [-0.3, -0.25) is 9.59 Å². The number of benzene rings is 2. The summed E-state index contributed by atoms with van der Waals surface area (Å²) in [6, 6.07) is 10.7. The molecule has 27 heavy (non-hydrogen) atoms. The summed E-state index contributed by atoms with van der Waals surface area (Å²) >= 11 is 6.00. The maximum absolute atomic E-state index is 12.3. The molecule has 0 radical (unpaired) electrons. The third-order valence-electron chi connectivity index (χ3n) is 4.28. The van der Waals surface area contributed by atoms with E-state index in [1.54, 1.807) is 43.5 Å². The molecule has 0 aliphatic heterocycles. The highest BCUT2D eigenvalue weighted by Crippen LogP contribution is 2.24. The largest absolute Gasteiger partial charge is 0.496 e. The number of hydrogen-bond acceptors (Lipinski definition) is 3. The molecule has 1 aliphatic rings. The molecule has 1 saturated carbocycles. The van der Waals surface area contributed by atoms with Gasteiger partial charge in [0.1, 0.15) is 5.75 Å². The molecule has 0 unspecified atom stereocenters. The van der Waals surface area contributed by atoms with Crippen molar-refractivity contribution in [3.8, 4) is 5.75 Å². The molecule has 2 amide bonds. The van der Waals surface area contributed by atoms with Gasteiger partial charge in [0.2, 0.25) is 5.91 Å². The van der Waals surface area contributed by atoms with E-state index in [0.717, 1.165) is 18.4 Å². The van der Waals surface area contributed by atoms with Crippen LogP contribution in [0.5, 0.6) is 5.75 Å². The molecule has 0 heterocycles. The molecule has 2 aromatic carbocycles. The van der Waals surface area contributed by atoms with Crippen molar-refractivity contribution in [2.75, 3.05) is 12.4 Å². The summed E-state index contributed by atoms with van der Waals surface area (Å²) in [4.78, 5) is 24.5. The monoisotopic (exact) mass is 384 g/mol. The predicted octanol–water partition coefficient (Wildman–Crippen LogP) is 4.20. The minimum absolute atomic E-state index is 0.118. The first-order valence-electron chi connectivity index (χ1n) is 8.70. The van der Waals surface area contributed by atoms with Crippen molar-refractivity contribution in [2.45, 2.75) is 25.8 Å². The van der Waals surface area contributed by atoms with Gasteiger partial charge in [-0.1, -0.05) is 17.7 Å². The molecule has 5 nitrogen and oxygen atoms in total. The van der Waals surface area contributed by atoms with E-state index in [-0.39, 0.29) is 17.9 Å². The van der Waals surface area contributed by atoms with Gasteiger partial charge in [-0.15, -0.1) is 0 Å². The van der Waals surface area contributed by atoms with E-state index in [1.165, 1.54) is 6.08 Å². The second-order valence-electron chi connectivity index (χ2n) is 6.49. The molecule has 3 rings (SSSR count). The fraction of sp³-hybridized carbons (Fsp3) is 0.238. The van der Waals surface area contributed by atoms with Gasteiger partial charge >= 0.3 is 0 Å². The molecule has 1 fully saturated rings. The second-order valence-corrected chi connectivity index (χ2v) is 6.92. The topological polar surface area (TPSA) is 67.4 Å². The van der Waals surface area contributed by atoms with Gasteiger partial charge < -0.3 is 15.4 Å². The highest BCUT2D eigenvalue weighted by Gasteiger charge is 2.24. The van der Waals surface area contributed by atoms with Crippen molar-refractivity contribution < 1.29 is 14.3 Å². The van der Waals surface area contributed by atoms with E-state index in [1.807, 2.05) is 13.0 Å². The van der Waals surface area contributed by atoms with Gasteiger partial charge in [-0.2, -0.15) is 0 Å². The predicted molar refractivity (Wildman–Crippen MR) is 107 cm³/mol. The Hall–Kier alpha value is -2.79. The smallest absolute Gasteiger partial charge is 0.251 e. The van der Waals surface area contributed by atoms with Crippen molar-refractivity contribution in [3.05, 3.63) is 64.2 Å². The number of methoxy groups -OCH3 is 1. The summed E-state index contributed by atoms with van der Waals surface area (Å²) in [6.45, 7) is 1.88. The summed E-state index contributed by atoms with van der Waals surface area (Å²) in [7, 11) is 1.56. The number of rotatable bonds is 6. The Morgan fingerprint density at radius 2 is 1.96 bits per heavy atom. The molecule has 6 heteroatoms. The standard InChI is InChI=1S/C21H21ClN2O3/c1-13-3-4-15(21(26)23-17-7-8-17)12-18(13)24-20(25)10-5-14-11-16(22)6-9-19(14)27-2/h3-6,9-12,17H,7-8H2,1-2H3,(H,23,26)(H,24,25)/b10-5+. The molecule has 0 bridgehead atoms. The third kappa shape index (κ3) is 5.11. The van der Waals surface area contributed by atoms with Crippen molar-refractivity contribution >= 4 is 35.2 Å². The number of carbonyl (C=O) groups is 2. The Morgan fingerprint density at radius 3 is 2.67 bits per heavy atom. The van der Waals surface area contributed by atoms with E-state index in [4.69, 9.17) is 16.3 Å². The molecule has 1 aliphatic carbocycles. The number of aryl methyl sites for hydroxylation is 1. The van der Waals surface area contributed by atoms with E-state index in [2.05, 4.69) is 10.6 Å². The molecule has 0 atom stereocenters. The highest BCUT2D eigenvalue weighted by molar-refractivity contribution is 6.30. The summed E-state index contributed by atoms with van der Waals surface area (Å²) < 4.78 is 5.26. The lowest BCUT2D eigenvalue weighted by atomic mass is 10.1. The molecule has 140 valence electrons. The first kappa shape index (κ1) is 19.0. The molecule has 0 saturated heterocycles. The summed E-state index contributed by atoms with van der Waals surface area (Å²) in [5.41, 5.74) is 2.71. The summed E-state index contributed by atoms with van der Waals surface area (Å²) in [5, 5.41) is 6.32. The van der Waals surface area contributed by atoms with Crippen LogP contribution in [-0.4, -0.2) is 25.0 Å². The van der Waals surface area contributed by atoms with Crippen LogP contribution in [-0.2, 0) is 4.79 Å². The van der Waals surface area contributed by atoms with Crippen molar-refractivity contribution in [2.24, 2.45) is 0 Å². The van der Waals surface area contributed by atoms with Gasteiger partial charge in [0, 0.05) is 34.0 Å². The lowest BCUT2D eigenvalue weighted by Gasteiger charge is -2.10. The van der Waals surface area contributed by atoms with Crippen LogP contribution in [0, 0.1) is 6.92 Å². The molecular formula is C21H21ClN2O3. The fourth-order valence-electron chi connectivity index (χ4n) is 2.57. The average Bonchev–Trinajstić information content (AvgIpc) is 3.46. The fourth-order valence-corrected chi connectivity index (χ4v) is 2.75. The van der Waals surface area contributed by atoms with Crippen LogP contribution in [0.15, 0.2) is 42.5 Å². The zero-order chi connectivity index (χ0) is 19.4. The normalized spacial score (nSPS) is 13.4. The quantitative estimate of drug-likeness (QED) is 0.733. The lowest BCUT2D eigenvalue weighted by Crippen LogP contribution is -2.25. The number of hydrogen-bond donors (Lipinski definition) is 2. The number of amides is 2. The average molecular weight is 385 g/mol. The Labute approximate surface area is 163 Å². The van der Waals surface area contributed by atoms with Gasteiger partial charge in [-0.05, 0) is 61.7 Å². The molecular weight excluding hydrogens is 364 g/mol. The van der Waals surface area contributed by atoms with Crippen LogP contribution in [0.25, 0.3) is 6.08 Å². The summed E-state index contributed by atoms with van der Waals surface area (Å²) in [5.74, 6) is 0.199. The number of carbonyl (C=O) groups excluding carboxylic acids is 2. The minimum atomic E-state index is -0.306. The maximum Gasteiger partial charge on any atom is 0.251 e. The van der Waals surface area contributed by atoms with Crippen molar-refractivity contribution in [1.82, 2.24) is 5.32 Å². The Balaban J connectivity index is 1.71. The van der Waals surface area contributed by atoms with E-state index in [9.17, 15) is 9.59 Å². The third-order valence-corrected chi connectivity index (χ3v) is 4.51. The molecule has 0 aromatic heterocycles. The second kappa shape index (κ2) is 8.27. The van der Waals surface area contributed by atoms with Gasteiger partial charge in [0.25, 0.3) is 5.91 Å². The van der Waals surface area contributed by atoms with E-state index >= 15 is 0 Å². The first-order valence-corrected chi connectivity index (χ1v) is 9.08.